The first-order valence-corrected chi connectivity index (χ1v) is 7.90. The minimum atomic E-state index is -0.607. The first-order chi connectivity index (χ1) is 10.8. The highest BCUT2D eigenvalue weighted by Crippen LogP contribution is 2.22. The summed E-state index contributed by atoms with van der Waals surface area (Å²) in [6.07, 6.45) is 0.587. The molecule has 1 aromatic rings. The van der Waals surface area contributed by atoms with Crippen molar-refractivity contribution in [2.45, 2.75) is 45.9 Å². The second-order valence-corrected chi connectivity index (χ2v) is 6.17. The van der Waals surface area contributed by atoms with Crippen LogP contribution in [0.25, 0.3) is 0 Å². The second kappa shape index (κ2) is 7.27. The molecule has 1 saturated heterocycles. The number of amides is 2. The Hall–Kier alpha value is -1.66. The highest BCUT2D eigenvalue weighted by molar-refractivity contribution is 5.74. The second-order valence-electron chi connectivity index (χ2n) is 6.17. The first-order valence-electron chi connectivity index (χ1n) is 7.90. The molecule has 0 saturated carbocycles. The number of hydrogen-bond acceptors (Lipinski definition) is 3. The van der Waals surface area contributed by atoms with E-state index in [4.69, 9.17) is 9.47 Å². The third kappa shape index (κ3) is 4.65. The van der Waals surface area contributed by atoms with E-state index in [1.807, 2.05) is 13.8 Å². The zero-order chi connectivity index (χ0) is 17.0. The molecule has 128 valence electrons. The summed E-state index contributed by atoms with van der Waals surface area (Å²) in [5, 5.41) is 5.65. The normalized spacial score (nSPS) is 17.8. The van der Waals surface area contributed by atoms with Crippen LogP contribution in [-0.2, 0) is 9.47 Å². The summed E-state index contributed by atoms with van der Waals surface area (Å²) in [4.78, 5) is 12.0. The SMILES string of the molecule is Cc1cc([C@@H](C)NC(=O)NCCC2(C)OCCO2)cc(C)c1F. The van der Waals surface area contributed by atoms with Crippen molar-refractivity contribution in [3.63, 3.8) is 0 Å². The predicted octanol–water partition coefficient (Wildman–Crippen LogP) is 2.96. The maximum atomic E-state index is 13.7. The smallest absolute Gasteiger partial charge is 0.315 e. The van der Waals surface area contributed by atoms with E-state index < -0.39 is 5.79 Å². The summed E-state index contributed by atoms with van der Waals surface area (Å²) in [7, 11) is 0. The topological polar surface area (TPSA) is 59.6 Å². The minimum Gasteiger partial charge on any atom is -0.348 e. The lowest BCUT2D eigenvalue weighted by atomic mass is 10.0. The van der Waals surface area contributed by atoms with E-state index in [1.165, 1.54) is 0 Å². The third-order valence-corrected chi connectivity index (χ3v) is 4.07. The van der Waals surface area contributed by atoms with Crippen molar-refractivity contribution in [1.29, 1.82) is 0 Å². The number of hydrogen-bond donors (Lipinski definition) is 2. The van der Waals surface area contributed by atoms with E-state index in [0.717, 1.165) is 5.56 Å². The molecule has 0 radical (unpaired) electrons. The van der Waals surface area contributed by atoms with Gasteiger partial charge in [-0.2, -0.15) is 0 Å². The van der Waals surface area contributed by atoms with Crippen molar-refractivity contribution < 1.29 is 18.7 Å². The van der Waals surface area contributed by atoms with Gasteiger partial charge in [0.05, 0.1) is 19.3 Å². The van der Waals surface area contributed by atoms with E-state index in [-0.39, 0.29) is 17.9 Å². The zero-order valence-corrected chi connectivity index (χ0v) is 14.2. The van der Waals surface area contributed by atoms with Crippen LogP contribution in [0.4, 0.5) is 9.18 Å². The van der Waals surface area contributed by atoms with E-state index in [1.54, 1.807) is 26.0 Å². The van der Waals surface area contributed by atoms with Gasteiger partial charge in [0, 0.05) is 13.0 Å². The summed E-state index contributed by atoms with van der Waals surface area (Å²) < 4.78 is 24.6. The molecule has 0 spiro atoms. The fraction of sp³-hybridized carbons (Fsp3) is 0.588. The molecule has 2 amide bonds. The fourth-order valence-electron chi connectivity index (χ4n) is 2.66. The van der Waals surface area contributed by atoms with Crippen LogP contribution in [0.15, 0.2) is 12.1 Å². The van der Waals surface area contributed by atoms with Gasteiger partial charge in [0.2, 0.25) is 0 Å². The van der Waals surface area contributed by atoms with E-state index in [9.17, 15) is 9.18 Å². The van der Waals surface area contributed by atoms with Crippen LogP contribution < -0.4 is 10.6 Å². The largest absolute Gasteiger partial charge is 0.348 e. The summed E-state index contributed by atoms with van der Waals surface area (Å²) in [6, 6.07) is 3.05. The predicted molar refractivity (Wildman–Crippen MR) is 85.7 cm³/mol. The van der Waals surface area contributed by atoms with Crippen molar-refractivity contribution in [1.82, 2.24) is 10.6 Å². The van der Waals surface area contributed by atoms with Gasteiger partial charge >= 0.3 is 6.03 Å². The van der Waals surface area contributed by atoms with Crippen LogP contribution in [0, 0.1) is 19.7 Å². The molecule has 0 aromatic heterocycles. The Labute approximate surface area is 136 Å². The van der Waals surface area contributed by atoms with Gasteiger partial charge in [0.1, 0.15) is 5.82 Å². The van der Waals surface area contributed by atoms with Gasteiger partial charge in [0.15, 0.2) is 5.79 Å². The molecule has 1 heterocycles. The molecule has 5 nitrogen and oxygen atoms in total. The molecule has 1 aromatic carbocycles. The lowest BCUT2D eigenvalue weighted by molar-refractivity contribution is -0.145. The molecular weight excluding hydrogens is 299 g/mol. The van der Waals surface area contributed by atoms with Gasteiger partial charge in [0.25, 0.3) is 0 Å². The van der Waals surface area contributed by atoms with Crippen molar-refractivity contribution >= 4 is 6.03 Å². The lowest BCUT2D eigenvalue weighted by Crippen LogP contribution is -2.40. The number of ether oxygens (including phenoxy) is 2. The van der Waals surface area contributed by atoms with Gasteiger partial charge in [-0.05, 0) is 44.4 Å². The highest BCUT2D eigenvalue weighted by Gasteiger charge is 2.30. The molecule has 6 heteroatoms. The number of benzene rings is 1. The minimum absolute atomic E-state index is 0.199. The first kappa shape index (κ1) is 17.7. The number of halogens is 1. The van der Waals surface area contributed by atoms with Crippen molar-refractivity contribution in [3.05, 3.63) is 34.6 Å². The molecule has 2 rings (SSSR count). The molecule has 0 aliphatic carbocycles. The molecule has 1 fully saturated rings. The standard InChI is InChI=1S/C17H25FN2O3/c1-11-9-14(10-12(2)15(11)18)13(3)20-16(21)19-6-5-17(4)22-7-8-23-17/h9-10,13H,5-8H2,1-4H3,(H2,19,20,21)/t13-/m1/s1. The molecular formula is C17H25FN2O3. The molecule has 1 atom stereocenters. The average molecular weight is 324 g/mol. The Morgan fingerprint density at radius 3 is 2.43 bits per heavy atom. The monoisotopic (exact) mass is 324 g/mol. The third-order valence-electron chi connectivity index (χ3n) is 4.07. The Morgan fingerprint density at radius 2 is 1.87 bits per heavy atom. The maximum absolute atomic E-state index is 13.7. The van der Waals surface area contributed by atoms with Gasteiger partial charge < -0.3 is 20.1 Å². The quantitative estimate of drug-likeness (QED) is 0.875. The van der Waals surface area contributed by atoms with Crippen molar-refractivity contribution in [2.75, 3.05) is 19.8 Å². The molecule has 1 aliphatic rings. The number of aryl methyl sites for hydroxylation is 2. The number of carbonyl (C=O) groups excluding carboxylic acids is 1. The van der Waals surface area contributed by atoms with Crippen LogP contribution >= 0.6 is 0 Å². The highest BCUT2D eigenvalue weighted by atomic mass is 19.1. The molecule has 0 bridgehead atoms. The number of urea groups is 1. The van der Waals surface area contributed by atoms with Crippen molar-refractivity contribution in [3.8, 4) is 0 Å². The Morgan fingerprint density at radius 1 is 1.30 bits per heavy atom. The summed E-state index contributed by atoms with van der Waals surface area (Å²) in [5.41, 5.74) is 2.04. The van der Waals surface area contributed by atoms with Gasteiger partial charge in [-0.1, -0.05) is 12.1 Å². The van der Waals surface area contributed by atoms with Gasteiger partial charge in [-0.3, -0.25) is 0 Å². The summed E-state index contributed by atoms with van der Waals surface area (Å²) in [5.74, 6) is -0.806. The van der Waals surface area contributed by atoms with Gasteiger partial charge in [-0.15, -0.1) is 0 Å². The zero-order valence-electron chi connectivity index (χ0n) is 14.2. The fourth-order valence-corrected chi connectivity index (χ4v) is 2.66. The number of carbonyl (C=O) groups is 1. The molecule has 1 aliphatic heterocycles. The van der Waals surface area contributed by atoms with Crippen LogP contribution in [0.3, 0.4) is 0 Å². The Kier molecular flexibility index (Phi) is 5.59. The van der Waals surface area contributed by atoms with E-state index in [2.05, 4.69) is 10.6 Å². The van der Waals surface area contributed by atoms with Crippen LogP contribution in [0.2, 0.25) is 0 Å². The molecule has 23 heavy (non-hydrogen) atoms. The van der Waals surface area contributed by atoms with Crippen LogP contribution in [0.1, 0.15) is 43.0 Å². The molecule has 0 unspecified atom stereocenters. The van der Waals surface area contributed by atoms with E-state index in [0.29, 0.717) is 37.3 Å². The van der Waals surface area contributed by atoms with Gasteiger partial charge in [-0.25, -0.2) is 9.18 Å². The Balaban J connectivity index is 1.82. The van der Waals surface area contributed by atoms with E-state index >= 15 is 0 Å². The number of rotatable bonds is 5. The van der Waals surface area contributed by atoms with Crippen molar-refractivity contribution in [2.24, 2.45) is 0 Å². The summed E-state index contributed by atoms with van der Waals surface area (Å²) >= 11 is 0. The average Bonchev–Trinajstić information content (AvgIpc) is 2.91. The van der Waals surface area contributed by atoms with Crippen LogP contribution in [-0.4, -0.2) is 31.6 Å². The lowest BCUT2D eigenvalue weighted by Gasteiger charge is -2.22. The number of nitrogens with one attached hydrogen (secondary N) is 2. The Bertz CT molecular complexity index is 548. The maximum Gasteiger partial charge on any atom is 0.315 e. The summed E-state index contributed by atoms with van der Waals surface area (Å²) in [6.45, 7) is 8.81. The molecule has 2 N–H and O–H groups in total. The van der Waals surface area contributed by atoms with Crippen LogP contribution in [0.5, 0.6) is 0 Å².